The van der Waals surface area contributed by atoms with Crippen molar-refractivity contribution >= 4 is 12.1 Å². The number of allylic oxidation sites excluding steroid dienone is 1. The van der Waals surface area contributed by atoms with Crippen LogP contribution in [0.25, 0.3) is 0 Å². The Hall–Kier alpha value is -0.960. The quantitative estimate of drug-likeness (QED) is 0.379. The second-order valence-corrected chi connectivity index (χ2v) is 6.13. The number of methoxy groups -OCH3 is 1. The molecule has 0 amide bonds. The molecule has 0 aliphatic heterocycles. The van der Waals surface area contributed by atoms with Gasteiger partial charge in [-0.25, -0.2) is 0 Å². The van der Waals surface area contributed by atoms with Gasteiger partial charge in [0.1, 0.15) is 6.29 Å². The van der Waals surface area contributed by atoms with E-state index < -0.39 is 5.41 Å². The highest BCUT2D eigenvalue weighted by Gasteiger charge is 2.41. The lowest BCUT2D eigenvalue weighted by atomic mass is 9.72. The molecule has 0 fully saturated rings. The first-order valence-electron chi connectivity index (χ1n) is 6.28. The molecule has 0 saturated heterocycles. The second kappa shape index (κ2) is 9.06. The van der Waals surface area contributed by atoms with E-state index in [2.05, 4.69) is 6.58 Å². The zero-order valence-corrected chi connectivity index (χ0v) is 12.4. The molecule has 0 rings (SSSR count). The van der Waals surface area contributed by atoms with Crippen molar-refractivity contribution < 1.29 is 14.3 Å². The predicted octanol–water partition coefficient (Wildman–Crippen LogP) is 4.31. The Morgan fingerprint density at radius 2 is 1.70 bits per heavy atom. The van der Waals surface area contributed by atoms with Crippen LogP contribution < -0.4 is 0 Å². The number of carbonyl (C=O) groups is 2. The topological polar surface area (TPSA) is 43.4 Å². The van der Waals surface area contributed by atoms with Gasteiger partial charge in [-0.2, -0.15) is 0 Å². The van der Waals surface area contributed by atoms with Crippen LogP contribution in [-0.2, 0) is 14.3 Å². The molecule has 0 aliphatic carbocycles. The molecule has 0 bridgehead atoms. The largest absolute Gasteiger partial charge is 0.380 e. The van der Waals surface area contributed by atoms with Gasteiger partial charge in [-0.15, -0.1) is 6.58 Å². The standard InChI is InChI=1S/C15H26O3.2CH4/c1-8-9-14(3,4)13(18-7)11(2)12(17)15(5,6)10-16;;/h8,10-11,13H,1,9H2,2-7H3;2*1H4/t11-,13?;;/m0../s1. The molecule has 0 saturated carbocycles. The van der Waals surface area contributed by atoms with Crippen molar-refractivity contribution in [1.29, 1.82) is 0 Å². The van der Waals surface area contributed by atoms with Crippen molar-refractivity contribution in [2.24, 2.45) is 16.7 Å². The van der Waals surface area contributed by atoms with Crippen LogP contribution in [0.1, 0.15) is 55.9 Å². The highest BCUT2D eigenvalue weighted by Crippen LogP contribution is 2.35. The van der Waals surface area contributed by atoms with Gasteiger partial charge < -0.3 is 9.53 Å². The summed E-state index contributed by atoms with van der Waals surface area (Å²) in [5.41, 5.74) is -1.15. The SMILES string of the molecule is C.C.C=CCC(C)(C)C(OC)[C@@H](C)C(=O)C(C)(C)C=O. The van der Waals surface area contributed by atoms with E-state index in [0.717, 1.165) is 6.42 Å². The summed E-state index contributed by atoms with van der Waals surface area (Å²) < 4.78 is 5.51. The lowest BCUT2D eigenvalue weighted by Crippen LogP contribution is -2.44. The summed E-state index contributed by atoms with van der Waals surface area (Å²) in [4.78, 5) is 23.3. The highest BCUT2D eigenvalue weighted by molar-refractivity contribution is 5.98. The fourth-order valence-electron chi connectivity index (χ4n) is 2.47. The van der Waals surface area contributed by atoms with E-state index in [4.69, 9.17) is 4.74 Å². The van der Waals surface area contributed by atoms with Gasteiger partial charge >= 0.3 is 0 Å². The Labute approximate surface area is 125 Å². The maximum atomic E-state index is 12.3. The molecule has 1 unspecified atom stereocenters. The number of carbonyl (C=O) groups excluding carboxylic acids is 2. The minimum atomic E-state index is -0.958. The molecule has 2 atom stereocenters. The number of aldehydes is 1. The monoisotopic (exact) mass is 286 g/mol. The summed E-state index contributed by atoms with van der Waals surface area (Å²) in [6.45, 7) is 12.9. The molecule has 0 aromatic rings. The first kappa shape index (κ1) is 24.1. The molecule has 20 heavy (non-hydrogen) atoms. The van der Waals surface area contributed by atoms with Crippen molar-refractivity contribution in [3.63, 3.8) is 0 Å². The summed E-state index contributed by atoms with van der Waals surface area (Å²) >= 11 is 0. The van der Waals surface area contributed by atoms with E-state index in [1.807, 2.05) is 26.8 Å². The summed E-state index contributed by atoms with van der Waals surface area (Å²) in [7, 11) is 1.60. The minimum absolute atomic E-state index is 0. The molecule has 0 spiro atoms. The summed E-state index contributed by atoms with van der Waals surface area (Å²) in [6, 6.07) is 0. The van der Waals surface area contributed by atoms with E-state index in [1.165, 1.54) is 0 Å². The van der Waals surface area contributed by atoms with Gasteiger partial charge in [-0.1, -0.05) is 41.7 Å². The van der Waals surface area contributed by atoms with Crippen molar-refractivity contribution in [3.05, 3.63) is 12.7 Å². The van der Waals surface area contributed by atoms with Crippen LogP contribution >= 0.6 is 0 Å². The number of rotatable bonds is 8. The van der Waals surface area contributed by atoms with Crippen molar-refractivity contribution in [2.75, 3.05) is 7.11 Å². The fraction of sp³-hybridized carbons (Fsp3) is 0.765. The smallest absolute Gasteiger partial charge is 0.150 e. The molecular formula is C17H34O3. The van der Waals surface area contributed by atoms with Gasteiger partial charge in [-0.05, 0) is 25.7 Å². The van der Waals surface area contributed by atoms with E-state index in [1.54, 1.807) is 21.0 Å². The third kappa shape index (κ3) is 5.58. The zero-order valence-electron chi connectivity index (χ0n) is 12.4. The Morgan fingerprint density at radius 3 is 2.00 bits per heavy atom. The van der Waals surface area contributed by atoms with Crippen LogP contribution in [0.4, 0.5) is 0 Å². The van der Waals surface area contributed by atoms with Crippen LogP contribution in [0.15, 0.2) is 12.7 Å². The van der Waals surface area contributed by atoms with E-state index >= 15 is 0 Å². The van der Waals surface area contributed by atoms with Crippen LogP contribution in [0.3, 0.4) is 0 Å². The molecule has 0 aromatic heterocycles. The molecular weight excluding hydrogens is 252 g/mol. The van der Waals surface area contributed by atoms with Gasteiger partial charge in [0.2, 0.25) is 0 Å². The maximum Gasteiger partial charge on any atom is 0.150 e. The molecule has 120 valence electrons. The number of ketones is 1. The highest BCUT2D eigenvalue weighted by atomic mass is 16.5. The summed E-state index contributed by atoms with van der Waals surface area (Å²) in [5, 5.41) is 0. The molecule has 3 heteroatoms. The van der Waals surface area contributed by atoms with Crippen molar-refractivity contribution in [2.45, 2.75) is 62.0 Å². The van der Waals surface area contributed by atoms with Gasteiger partial charge in [0.15, 0.2) is 5.78 Å². The first-order chi connectivity index (χ1) is 8.14. The van der Waals surface area contributed by atoms with E-state index in [-0.39, 0.29) is 38.1 Å². The lowest BCUT2D eigenvalue weighted by Gasteiger charge is -2.37. The molecule has 0 radical (unpaired) electrons. The Balaban J connectivity index is -0.00000144. The van der Waals surface area contributed by atoms with Crippen LogP contribution in [0.2, 0.25) is 0 Å². The van der Waals surface area contributed by atoms with Crippen LogP contribution in [0.5, 0.6) is 0 Å². The normalized spacial score (nSPS) is 14.3. The van der Waals surface area contributed by atoms with E-state index in [9.17, 15) is 9.59 Å². The summed E-state index contributed by atoms with van der Waals surface area (Å²) in [6.07, 6.45) is 3.06. The van der Waals surface area contributed by atoms with Gasteiger partial charge in [-0.3, -0.25) is 4.79 Å². The number of hydrogen-bond donors (Lipinski definition) is 0. The summed E-state index contributed by atoms with van der Waals surface area (Å²) in [5.74, 6) is -0.411. The minimum Gasteiger partial charge on any atom is -0.380 e. The van der Waals surface area contributed by atoms with Crippen molar-refractivity contribution in [3.8, 4) is 0 Å². The van der Waals surface area contributed by atoms with Gasteiger partial charge in [0.25, 0.3) is 0 Å². The van der Waals surface area contributed by atoms with Gasteiger partial charge in [0.05, 0.1) is 11.5 Å². The number of ether oxygens (including phenoxy) is 1. The third-order valence-corrected chi connectivity index (χ3v) is 3.49. The third-order valence-electron chi connectivity index (χ3n) is 3.49. The Kier molecular flexibility index (Phi) is 10.9. The maximum absolute atomic E-state index is 12.3. The number of hydrogen-bond acceptors (Lipinski definition) is 3. The number of Topliss-reactive ketones (excluding diaryl/α,β-unsaturated/α-hetero) is 1. The molecule has 0 aliphatic rings. The lowest BCUT2D eigenvalue weighted by molar-refractivity contribution is -0.142. The van der Waals surface area contributed by atoms with E-state index in [0.29, 0.717) is 6.29 Å². The molecule has 0 aromatic carbocycles. The average molecular weight is 286 g/mol. The fourth-order valence-corrected chi connectivity index (χ4v) is 2.47. The Morgan fingerprint density at radius 1 is 1.25 bits per heavy atom. The predicted molar refractivity (Wildman–Crippen MR) is 86.9 cm³/mol. The zero-order chi connectivity index (χ0) is 14.6. The molecule has 3 nitrogen and oxygen atoms in total. The first-order valence-corrected chi connectivity index (χ1v) is 6.28. The van der Waals surface area contributed by atoms with Crippen molar-refractivity contribution in [1.82, 2.24) is 0 Å². The molecule has 0 N–H and O–H groups in total. The molecule has 0 heterocycles. The van der Waals surface area contributed by atoms with Crippen LogP contribution in [-0.4, -0.2) is 25.3 Å². The second-order valence-electron chi connectivity index (χ2n) is 6.13. The Bertz CT molecular complexity index is 316. The average Bonchev–Trinajstić information content (AvgIpc) is 2.28. The van der Waals surface area contributed by atoms with Gasteiger partial charge in [0, 0.05) is 13.0 Å². The van der Waals surface area contributed by atoms with Crippen LogP contribution in [0, 0.1) is 16.7 Å².